The maximum Gasteiger partial charge on any atom is 0.387 e. The highest BCUT2D eigenvalue weighted by molar-refractivity contribution is 5.30. The lowest BCUT2D eigenvalue weighted by Crippen LogP contribution is -2.18. The van der Waals surface area contributed by atoms with Gasteiger partial charge in [0, 0.05) is 0 Å². The highest BCUT2D eigenvalue weighted by Crippen LogP contribution is 2.23. The van der Waals surface area contributed by atoms with Crippen molar-refractivity contribution in [3.05, 3.63) is 29.8 Å². The topological polar surface area (TPSA) is 35.2 Å². The Balaban J connectivity index is 2.82. The molecule has 2 nitrogen and oxygen atoms in total. The molecule has 0 aliphatic rings. The molecule has 0 fully saturated rings. The van der Waals surface area contributed by atoms with Gasteiger partial charge >= 0.3 is 6.61 Å². The molecule has 0 amide bonds. The van der Waals surface area contributed by atoms with Crippen LogP contribution in [0.15, 0.2) is 24.3 Å². The summed E-state index contributed by atoms with van der Waals surface area (Å²) < 4.78 is 52.1. The second kappa shape index (κ2) is 4.97. The molecule has 0 spiro atoms. The number of benzene rings is 1. The van der Waals surface area contributed by atoms with Gasteiger partial charge < -0.3 is 10.5 Å². The van der Waals surface area contributed by atoms with Gasteiger partial charge in [-0.3, -0.25) is 0 Å². The summed E-state index contributed by atoms with van der Waals surface area (Å²) >= 11 is 0. The van der Waals surface area contributed by atoms with E-state index in [-0.39, 0.29) is 11.3 Å². The molecule has 0 saturated heterocycles. The van der Waals surface area contributed by atoms with Crippen molar-refractivity contribution in [2.45, 2.75) is 19.1 Å². The van der Waals surface area contributed by atoms with Gasteiger partial charge in [0.25, 0.3) is 6.43 Å². The first-order valence-corrected chi connectivity index (χ1v) is 4.09. The smallest absolute Gasteiger partial charge is 0.387 e. The van der Waals surface area contributed by atoms with Crippen LogP contribution in [0.3, 0.4) is 0 Å². The minimum absolute atomic E-state index is 0.0585. The van der Waals surface area contributed by atoms with Gasteiger partial charge in [-0.05, 0) is 17.7 Å². The standard InChI is InChI=1S/C9H9F4NO/c10-8(11)7(14)5-2-1-3-6(4-5)15-9(12)13/h1-4,7-9H,14H2/t7-/m1/s1. The lowest BCUT2D eigenvalue weighted by Gasteiger charge is -2.12. The minimum atomic E-state index is -2.98. The molecule has 0 aromatic heterocycles. The number of ether oxygens (including phenoxy) is 1. The summed E-state index contributed by atoms with van der Waals surface area (Å²) in [7, 11) is 0. The van der Waals surface area contributed by atoms with Crippen molar-refractivity contribution in [3.63, 3.8) is 0 Å². The van der Waals surface area contributed by atoms with Crippen LogP contribution < -0.4 is 10.5 Å². The lowest BCUT2D eigenvalue weighted by molar-refractivity contribution is -0.0499. The average molecular weight is 223 g/mol. The molecule has 1 rings (SSSR count). The largest absolute Gasteiger partial charge is 0.435 e. The van der Waals surface area contributed by atoms with Gasteiger partial charge in [0.1, 0.15) is 5.75 Å². The number of rotatable bonds is 4. The fourth-order valence-electron chi connectivity index (χ4n) is 1.04. The van der Waals surface area contributed by atoms with Crippen molar-refractivity contribution < 1.29 is 22.3 Å². The summed E-state index contributed by atoms with van der Waals surface area (Å²) in [4.78, 5) is 0. The van der Waals surface area contributed by atoms with Crippen molar-refractivity contribution in [1.82, 2.24) is 0 Å². The molecule has 1 atom stereocenters. The lowest BCUT2D eigenvalue weighted by atomic mass is 10.1. The molecule has 0 aliphatic heterocycles. The predicted molar refractivity (Wildman–Crippen MR) is 46.0 cm³/mol. The first-order valence-electron chi connectivity index (χ1n) is 4.09. The van der Waals surface area contributed by atoms with Gasteiger partial charge in [0.2, 0.25) is 0 Å². The number of nitrogens with two attached hydrogens (primary N) is 1. The van der Waals surface area contributed by atoms with E-state index in [1.54, 1.807) is 0 Å². The van der Waals surface area contributed by atoms with E-state index in [9.17, 15) is 17.6 Å². The monoisotopic (exact) mass is 223 g/mol. The summed E-state index contributed by atoms with van der Waals surface area (Å²) in [6.45, 7) is -2.98. The van der Waals surface area contributed by atoms with Gasteiger partial charge in [0.05, 0.1) is 6.04 Å². The molecule has 0 saturated carbocycles. The van der Waals surface area contributed by atoms with Crippen LogP contribution in [0.1, 0.15) is 11.6 Å². The first-order chi connectivity index (χ1) is 7.00. The van der Waals surface area contributed by atoms with Crippen LogP contribution in [0.5, 0.6) is 5.75 Å². The van der Waals surface area contributed by atoms with Gasteiger partial charge in [-0.1, -0.05) is 12.1 Å². The molecular weight excluding hydrogens is 214 g/mol. The second-order valence-corrected chi connectivity index (χ2v) is 2.81. The molecule has 0 bridgehead atoms. The molecule has 0 radical (unpaired) electrons. The van der Waals surface area contributed by atoms with E-state index < -0.39 is 19.1 Å². The van der Waals surface area contributed by atoms with Crippen LogP contribution >= 0.6 is 0 Å². The quantitative estimate of drug-likeness (QED) is 0.796. The summed E-state index contributed by atoms with van der Waals surface area (Å²) in [5, 5.41) is 0. The van der Waals surface area contributed by atoms with Crippen LogP contribution in [-0.4, -0.2) is 13.0 Å². The van der Waals surface area contributed by atoms with Crippen molar-refractivity contribution >= 4 is 0 Å². The molecule has 6 heteroatoms. The Labute approximate surface area is 83.6 Å². The molecule has 0 heterocycles. The molecule has 15 heavy (non-hydrogen) atoms. The third-order valence-electron chi connectivity index (χ3n) is 1.74. The van der Waals surface area contributed by atoms with Crippen molar-refractivity contribution in [3.8, 4) is 5.75 Å². The molecule has 1 aromatic carbocycles. The first kappa shape index (κ1) is 11.8. The normalized spacial score (nSPS) is 13.3. The summed E-state index contributed by atoms with van der Waals surface area (Å²) in [5.74, 6) is -0.182. The zero-order chi connectivity index (χ0) is 11.4. The number of halogens is 4. The van der Waals surface area contributed by atoms with E-state index in [0.717, 1.165) is 6.07 Å². The van der Waals surface area contributed by atoms with Crippen molar-refractivity contribution in [2.75, 3.05) is 0 Å². The summed E-state index contributed by atoms with van der Waals surface area (Å²) in [6.07, 6.45) is -2.74. The zero-order valence-electron chi connectivity index (χ0n) is 7.54. The van der Waals surface area contributed by atoms with Crippen molar-refractivity contribution in [1.29, 1.82) is 0 Å². The highest BCUT2D eigenvalue weighted by Gasteiger charge is 2.18. The molecule has 2 N–H and O–H groups in total. The van der Waals surface area contributed by atoms with Gasteiger partial charge in [-0.15, -0.1) is 0 Å². The van der Waals surface area contributed by atoms with Crippen LogP contribution in [0.25, 0.3) is 0 Å². The molecule has 84 valence electrons. The Morgan fingerprint density at radius 1 is 1.13 bits per heavy atom. The maximum atomic E-state index is 12.2. The summed E-state index contributed by atoms with van der Waals surface area (Å²) in [5.41, 5.74) is 5.20. The minimum Gasteiger partial charge on any atom is -0.435 e. The van der Waals surface area contributed by atoms with Crippen LogP contribution in [-0.2, 0) is 0 Å². The van der Waals surface area contributed by atoms with Crippen LogP contribution in [0.2, 0.25) is 0 Å². The van der Waals surface area contributed by atoms with Gasteiger partial charge in [0.15, 0.2) is 0 Å². The van der Waals surface area contributed by atoms with E-state index in [1.807, 2.05) is 0 Å². The Morgan fingerprint density at radius 3 is 2.33 bits per heavy atom. The molecule has 0 aliphatic carbocycles. The molecule has 1 aromatic rings. The van der Waals surface area contributed by atoms with Crippen molar-refractivity contribution in [2.24, 2.45) is 5.73 Å². The third-order valence-corrected chi connectivity index (χ3v) is 1.74. The molecular formula is C9H9F4NO. The highest BCUT2D eigenvalue weighted by atomic mass is 19.3. The Kier molecular flexibility index (Phi) is 3.90. The second-order valence-electron chi connectivity index (χ2n) is 2.81. The summed E-state index contributed by atoms with van der Waals surface area (Å²) in [6, 6.07) is 3.48. The van der Waals surface area contributed by atoms with E-state index in [0.29, 0.717) is 0 Å². The third kappa shape index (κ3) is 3.39. The Bertz CT molecular complexity index is 319. The van der Waals surface area contributed by atoms with Gasteiger partial charge in [-0.25, -0.2) is 8.78 Å². The van der Waals surface area contributed by atoms with E-state index in [4.69, 9.17) is 5.73 Å². The van der Waals surface area contributed by atoms with E-state index in [2.05, 4.69) is 4.74 Å². The van der Waals surface area contributed by atoms with Crippen LogP contribution in [0, 0.1) is 0 Å². The Hall–Kier alpha value is -1.30. The van der Waals surface area contributed by atoms with Gasteiger partial charge in [-0.2, -0.15) is 8.78 Å². The maximum absolute atomic E-state index is 12.2. The van der Waals surface area contributed by atoms with Crippen LogP contribution in [0.4, 0.5) is 17.6 Å². The number of alkyl halides is 4. The fourth-order valence-corrected chi connectivity index (χ4v) is 1.04. The fraction of sp³-hybridized carbons (Fsp3) is 0.333. The molecule has 0 unspecified atom stereocenters. The zero-order valence-corrected chi connectivity index (χ0v) is 7.54. The number of hydrogen-bond donors (Lipinski definition) is 1. The van der Waals surface area contributed by atoms with E-state index in [1.165, 1.54) is 18.2 Å². The SMILES string of the molecule is N[C@H](c1cccc(OC(F)F)c1)C(F)F. The average Bonchev–Trinajstić information content (AvgIpc) is 2.16. The Morgan fingerprint density at radius 2 is 1.80 bits per heavy atom. The predicted octanol–water partition coefficient (Wildman–Crippen LogP) is 2.55. The number of hydrogen-bond acceptors (Lipinski definition) is 2. The van der Waals surface area contributed by atoms with E-state index >= 15 is 0 Å².